The van der Waals surface area contributed by atoms with Crippen molar-refractivity contribution < 1.29 is 14.1 Å². The third-order valence-electron chi connectivity index (χ3n) is 4.54. The largest absolute Gasteiger partial charge is 0.457 e. The van der Waals surface area contributed by atoms with Gasteiger partial charge >= 0.3 is 6.03 Å². The van der Waals surface area contributed by atoms with Crippen molar-refractivity contribution in [3.05, 3.63) is 58.5 Å². The van der Waals surface area contributed by atoms with Crippen molar-refractivity contribution in [2.75, 3.05) is 12.4 Å². The highest BCUT2D eigenvalue weighted by molar-refractivity contribution is 5.89. The lowest BCUT2D eigenvalue weighted by Crippen LogP contribution is -2.24. The van der Waals surface area contributed by atoms with Gasteiger partial charge in [-0.15, -0.1) is 0 Å². The van der Waals surface area contributed by atoms with Gasteiger partial charge in [-0.2, -0.15) is 0 Å². The summed E-state index contributed by atoms with van der Waals surface area (Å²) in [5, 5.41) is 9.39. The summed E-state index contributed by atoms with van der Waals surface area (Å²) in [6.07, 6.45) is 0. The van der Waals surface area contributed by atoms with Gasteiger partial charge in [0, 0.05) is 18.3 Å². The molecule has 0 aliphatic rings. The molecule has 0 fully saturated rings. The van der Waals surface area contributed by atoms with E-state index in [2.05, 4.69) is 21.9 Å². The molecule has 6 heteroatoms. The first-order chi connectivity index (χ1) is 13.3. The summed E-state index contributed by atoms with van der Waals surface area (Å²) in [5.41, 5.74) is 6.54. The van der Waals surface area contributed by atoms with Gasteiger partial charge in [0.05, 0.1) is 5.69 Å². The number of urea groups is 1. The van der Waals surface area contributed by atoms with Gasteiger partial charge in [0.15, 0.2) is 0 Å². The zero-order valence-electron chi connectivity index (χ0n) is 17.1. The first-order valence-electron chi connectivity index (χ1n) is 9.11. The number of rotatable bonds is 4. The molecule has 1 heterocycles. The van der Waals surface area contributed by atoms with Gasteiger partial charge in [0.2, 0.25) is 0 Å². The Morgan fingerprint density at radius 2 is 1.68 bits per heavy atom. The van der Waals surface area contributed by atoms with E-state index in [0.717, 1.165) is 56.5 Å². The molecule has 0 radical (unpaired) electrons. The fourth-order valence-corrected chi connectivity index (χ4v) is 3.34. The quantitative estimate of drug-likeness (QED) is 0.634. The molecule has 0 spiro atoms. The number of ether oxygens (including phenoxy) is 1. The number of aryl methyl sites for hydroxylation is 5. The summed E-state index contributed by atoms with van der Waals surface area (Å²) in [4.78, 5) is 11.6. The van der Waals surface area contributed by atoms with E-state index in [1.54, 1.807) is 7.05 Å². The molecule has 0 atom stereocenters. The van der Waals surface area contributed by atoms with Gasteiger partial charge in [0.25, 0.3) is 0 Å². The van der Waals surface area contributed by atoms with E-state index >= 15 is 0 Å². The molecule has 0 aliphatic carbocycles. The topological polar surface area (TPSA) is 76.4 Å². The molecule has 0 aliphatic heterocycles. The summed E-state index contributed by atoms with van der Waals surface area (Å²) in [5.74, 6) is 2.30. The van der Waals surface area contributed by atoms with E-state index < -0.39 is 0 Å². The highest BCUT2D eigenvalue weighted by Crippen LogP contribution is 2.35. The standard InChI is InChI=1S/C22H25N3O3/c1-12-7-17(20-15(4)25-28-16(20)5)11-19(8-12)27-21-13(2)9-18(10-14(21)3)24-22(26)23-6/h7-11H,1-6H3,(H2,23,24,26). The van der Waals surface area contributed by atoms with Crippen LogP contribution in [0.5, 0.6) is 11.5 Å². The number of carbonyl (C=O) groups is 1. The Bertz CT molecular complexity index is 995. The van der Waals surface area contributed by atoms with Crippen LogP contribution in [0.25, 0.3) is 11.1 Å². The van der Waals surface area contributed by atoms with Crippen LogP contribution in [0, 0.1) is 34.6 Å². The molecule has 2 aromatic carbocycles. The third-order valence-corrected chi connectivity index (χ3v) is 4.54. The van der Waals surface area contributed by atoms with Crippen LogP contribution >= 0.6 is 0 Å². The maximum atomic E-state index is 11.6. The molecule has 2 amide bonds. The second-order valence-electron chi connectivity index (χ2n) is 6.98. The number of nitrogens with zero attached hydrogens (tertiary/aromatic N) is 1. The number of carbonyl (C=O) groups excluding carboxylic acids is 1. The Labute approximate surface area is 164 Å². The van der Waals surface area contributed by atoms with Crippen LogP contribution in [-0.4, -0.2) is 18.2 Å². The maximum absolute atomic E-state index is 11.6. The first-order valence-corrected chi connectivity index (χ1v) is 9.11. The van der Waals surface area contributed by atoms with Crippen LogP contribution < -0.4 is 15.4 Å². The van der Waals surface area contributed by atoms with E-state index in [9.17, 15) is 4.79 Å². The highest BCUT2D eigenvalue weighted by Gasteiger charge is 2.15. The molecule has 3 rings (SSSR count). The van der Waals surface area contributed by atoms with Gasteiger partial charge in [-0.25, -0.2) is 4.79 Å². The smallest absolute Gasteiger partial charge is 0.318 e. The number of nitrogens with one attached hydrogen (secondary N) is 2. The SMILES string of the molecule is CNC(=O)Nc1cc(C)c(Oc2cc(C)cc(-c3c(C)noc3C)c2)c(C)c1. The van der Waals surface area contributed by atoms with Crippen LogP contribution in [0.1, 0.15) is 28.1 Å². The number of aromatic nitrogens is 1. The van der Waals surface area contributed by atoms with Crippen molar-refractivity contribution in [1.29, 1.82) is 0 Å². The van der Waals surface area contributed by atoms with E-state index in [-0.39, 0.29) is 6.03 Å². The van der Waals surface area contributed by atoms with E-state index in [0.29, 0.717) is 0 Å². The minimum atomic E-state index is -0.254. The molecule has 146 valence electrons. The molecule has 28 heavy (non-hydrogen) atoms. The molecule has 0 saturated carbocycles. The molecule has 2 N–H and O–H groups in total. The van der Waals surface area contributed by atoms with Crippen molar-refractivity contribution >= 4 is 11.7 Å². The average molecular weight is 379 g/mol. The van der Waals surface area contributed by atoms with Crippen molar-refractivity contribution in [3.63, 3.8) is 0 Å². The van der Waals surface area contributed by atoms with Crippen LogP contribution in [0.4, 0.5) is 10.5 Å². The van der Waals surface area contributed by atoms with Gasteiger partial charge in [-0.1, -0.05) is 11.2 Å². The zero-order valence-corrected chi connectivity index (χ0v) is 17.1. The Morgan fingerprint density at radius 3 is 2.25 bits per heavy atom. The minimum Gasteiger partial charge on any atom is -0.457 e. The number of benzene rings is 2. The van der Waals surface area contributed by atoms with Crippen molar-refractivity contribution in [1.82, 2.24) is 10.5 Å². The Balaban J connectivity index is 1.95. The second-order valence-corrected chi connectivity index (χ2v) is 6.98. The number of anilines is 1. The summed E-state index contributed by atoms with van der Waals surface area (Å²) in [6.45, 7) is 9.79. The molecule has 1 aromatic heterocycles. The lowest BCUT2D eigenvalue weighted by Gasteiger charge is -2.15. The molecule has 0 unspecified atom stereocenters. The van der Waals surface area contributed by atoms with Crippen LogP contribution in [0.15, 0.2) is 34.9 Å². The Hall–Kier alpha value is -3.28. The van der Waals surface area contributed by atoms with Gasteiger partial charge < -0.3 is 19.9 Å². The predicted octanol–water partition coefficient (Wildman–Crippen LogP) is 5.43. The molecule has 0 saturated heterocycles. The monoisotopic (exact) mass is 379 g/mol. The molecule has 3 aromatic rings. The van der Waals surface area contributed by atoms with Gasteiger partial charge in [0.1, 0.15) is 17.3 Å². The molecular weight excluding hydrogens is 354 g/mol. The highest BCUT2D eigenvalue weighted by atomic mass is 16.5. The van der Waals surface area contributed by atoms with Gasteiger partial charge in [-0.05, 0) is 81.1 Å². The number of hydrogen-bond donors (Lipinski definition) is 2. The first kappa shape index (κ1) is 19.5. The summed E-state index contributed by atoms with van der Waals surface area (Å²) >= 11 is 0. The summed E-state index contributed by atoms with van der Waals surface area (Å²) in [7, 11) is 1.58. The average Bonchev–Trinajstić information content (AvgIpc) is 2.96. The normalized spacial score (nSPS) is 10.6. The summed E-state index contributed by atoms with van der Waals surface area (Å²) < 4.78 is 11.6. The molecular formula is C22H25N3O3. The lowest BCUT2D eigenvalue weighted by molar-refractivity contribution is 0.254. The van der Waals surface area contributed by atoms with Crippen LogP contribution in [0.3, 0.4) is 0 Å². The maximum Gasteiger partial charge on any atom is 0.318 e. The Kier molecular flexibility index (Phi) is 5.40. The fraction of sp³-hybridized carbons (Fsp3) is 0.273. The van der Waals surface area contributed by atoms with Crippen LogP contribution in [-0.2, 0) is 0 Å². The minimum absolute atomic E-state index is 0.254. The van der Waals surface area contributed by atoms with Crippen LogP contribution in [0.2, 0.25) is 0 Å². The number of amides is 2. The van der Waals surface area contributed by atoms with E-state index in [1.165, 1.54) is 0 Å². The lowest BCUT2D eigenvalue weighted by atomic mass is 10.0. The molecule has 0 bridgehead atoms. The third kappa shape index (κ3) is 4.01. The fourth-order valence-electron chi connectivity index (χ4n) is 3.34. The van der Waals surface area contributed by atoms with Crippen molar-refractivity contribution in [2.45, 2.75) is 34.6 Å². The number of hydrogen-bond acceptors (Lipinski definition) is 4. The van der Waals surface area contributed by atoms with Gasteiger partial charge in [-0.3, -0.25) is 0 Å². The van der Waals surface area contributed by atoms with E-state index in [1.807, 2.05) is 58.9 Å². The predicted molar refractivity (Wildman–Crippen MR) is 110 cm³/mol. The van der Waals surface area contributed by atoms with E-state index in [4.69, 9.17) is 9.26 Å². The summed E-state index contributed by atoms with van der Waals surface area (Å²) in [6, 6.07) is 9.61. The van der Waals surface area contributed by atoms with Crippen molar-refractivity contribution in [3.8, 4) is 22.6 Å². The molecule has 6 nitrogen and oxygen atoms in total. The second kappa shape index (κ2) is 7.76. The van der Waals surface area contributed by atoms with Crippen molar-refractivity contribution in [2.24, 2.45) is 0 Å². The Morgan fingerprint density at radius 1 is 1.00 bits per heavy atom. The zero-order chi connectivity index (χ0) is 20.4.